The maximum Gasteiger partial charge on any atom is 0.240 e. The quantitative estimate of drug-likeness (QED) is 0.758. The summed E-state index contributed by atoms with van der Waals surface area (Å²) in [4.78, 5) is 17.7. The minimum Gasteiger partial charge on any atom is -0.336 e. The van der Waals surface area contributed by atoms with Gasteiger partial charge in [-0.1, -0.05) is 6.07 Å². The summed E-state index contributed by atoms with van der Waals surface area (Å²) in [5.41, 5.74) is 6.61. The van der Waals surface area contributed by atoms with Gasteiger partial charge < -0.3 is 10.6 Å². The van der Waals surface area contributed by atoms with Gasteiger partial charge in [-0.3, -0.25) is 9.78 Å². The molecule has 0 spiro atoms. The molecule has 0 aliphatic rings. The molecule has 1 rings (SSSR count). The number of terminal acetylenes is 1. The number of hydrogen-bond donors (Lipinski definition) is 1. The summed E-state index contributed by atoms with van der Waals surface area (Å²) >= 11 is 0. The van der Waals surface area contributed by atoms with Crippen LogP contribution in [0.2, 0.25) is 0 Å². The molecule has 0 fully saturated rings. The van der Waals surface area contributed by atoms with Crippen molar-refractivity contribution in [2.24, 2.45) is 5.73 Å². The second kappa shape index (κ2) is 7.86. The highest BCUT2D eigenvalue weighted by Gasteiger charge is 2.20. The number of nitriles is 1. The molecule has 0 bridgehead atoms. The highest BCUT2D eigenvalue weighted by atomic mass is 16.2. The molecule has 1 amide bonds. The maximum atomic E-state index is 12.1. The average molecular weight is 256 g/mol. The summed E-state index contributed by atoms with van der Waals surface area (Å²) in [5.74, 6) is 2.13. The number of pyridine rings is 1. The fourth-order valence-corrected chi connectivity index (χ4v) is 1.61. The molecule has 0 radical (unpaired) electrons. The van der Waals surface area contributed by atoms with Crippen molar-refractivity contribution in [1.29, 1.82) is 5.26 Å². The summed E-state index contributed by atoms with van der Waals surface area (Å²) in [5, 5.41) is 8.64. The molecular formula is C14H16N4O. The predicted molar refractivity (Wildman–Crippen MR) is 71.3 cm³/mol. The van der Waals surface area contributed by atoms with Crippen LogP contribution >= 0.6 is 0 Å². The van der Waals surface area contributed by atoms with E-state index in [1.165, 1.54) is 0 Å². The van der Waals surface area contributed by atoms with E-state index in [0.29, 0.717) is 13.1 Å². The number of carbonyl (C=O) groups excluding carboxylic acids is 1. The predicted octanol–water partition coefficient (Wildman–Crippen LogP) is 0.674. The number of carbonyl (C=O) groups is 1. The van der Waals surface area contributed by atoms with Crippen LogP contribution in [-0.4, -0.2) is 28.4 Å². The molecule has 1 aromatic heterocycles. The van der Waals surface area contributed by atoms with Gasteiger partial charge in [0.25, 0.3) is 0 Å². The van der Waals surface area contributed by atoms with Gasteiger partial charge in [-0.05, 0) is 11.6 Å². The molecule has 0 aromatic carbocycles. The molecule has 1 unspecified atom stereocenters. The van der Waals surface area contributed by atoms with Crippen molar-refractivity contribution in [2.75, 3.05) is 6.54 Å². The van der Waals surface area contributed by atoms with Crippen LogP contribution in [0.3, 0.4) is 0 Å². The van der Waals surface area contributed by atoms with Gasteiger partial charge in [0.05, 0.1) is 18.5 Å². The Kier molecular flexibility index (Phi) is 6.08. The number of hydrogen-bond acceptors (Lipinski definition) is 4. The van der Waals surface area contributed by atoms with Gasteiger partial charge in [0.15, 0.2) is 0 Å². The number of rotatable bonds is 6. The zero-order valence-corrected chi connectivity index (χ0v) is 10.6. The average Bonchev–Trinajstić information content (AvgIpc) is 2.44. The third-order valence-corrected chi connectivity index (χ3v) is 2.56. The highest BCUT2D eigenvalue weighted by Crippen LogP contribution is 2.06. The van der Waals surface area contributed by atoms with E-state index in [9.17, 15) is 4.79 Å². The van der Waals surface area contributed by atoms with Crippen LogP contribution in [0.1, 0.15) is 18.4 Å². The fraction of sp³-hybridized carbons (Fsp3) is 0.357. The SMILES string of the molecule is C#CCC(N)C(=O)N(CCC#N)Cc1cccnc1. The lowest BCUT2D eigenvalue weighted by atomic mass is 10.1. The van der Waals surface area contributed by atoms with Crippen molar-refractivity contribution in [3.05, 3.63) is 30.1 Å². The zero-order chi connectivity index (χ0) is 14.1. The van der Waals surface area contributed by atoms with E-state index in [1.54, 1.807) is 23.4 Å². The van der Waals surface area contributed by atoms with Crippen LogP contribution in [0.5, 0.6) is 0 Å². The minimum atomic E-state index is -0.722. The molecule has 0 aliphatic carbocycles. The highest BCUT2D eigenvalue weighted by molar-refractivity contribution is 5.82. The standard InChI is InChI=1S/C14H16N4O/c1-2-5-13(16)14(19)18(9-4-7-15)11-12-6-3-8-17-10-12/h1,3,6,8,10,13H,4-5,9,11,16H2. The number of amides is 1. The zero-order valence-electron chi connectivity index (χ0n) is 10.6. The number of nitrogens with zero attached hydrogens (tertiary/aromatic N) is 3. The van der Waals surface area contributed by atoms with Gasteiger partial charge in [-0.2, -0.15) is 5.26 Å². The molecule has 19 heavy (non-hydrogen) atoms. The van der Waals surface area contributed by atoms with Crippen LogP contribution in [0.15, 0.2) is 24.5 Å². The van der Waals surface area contributed by atoms with E-state index < -0.39 is 6.04 Å². The first kappa shape index (κ1) is 14.7. The van der Waals surface area contributed by atoms with Crippen molar-refractivity contribution in [3.63, 3.8) is 0 Å². The van der Waals surface area contributed by atoms with E-state index in [4.69, 9.17) is 17.4 Å². The van der Waals surface area contributed by atoms with Gasteiger partial charge in [0, 0.05) is 31.9 Å². The van der Waals surface area contributed by atoms with Crippen molar-refractivity contribution in [1.82, 2.24) is 9.88 Å². The van der Waals surface area contributed by atoms with Crippen LogP contribution in [0.25, 0.3) is 0 Å². The summed E-state index contributed by atoms with van der Waals surface area (Å²) in [7, 11) is 0. The summed E-state index contributed by atoms with van der Waals surface area (Å²) in [6, 6.07) is 4.96. The third kappa shape index (κ3) is 4.79. The Bertz CT molecular complexity index is 486. The van der Waals surface area contributed by atoms with E-state index in [2.05, 4.69) is 10.9 Å². The second-order valence-electron chi connectivity index (χ2n) is 4.04. The second-order valence-corrected chi connectivity index (χ2v) is 4.04. The van der Waals surface area contributed by atoms with Crippen LogP contribution in [0, 0.1) is 23.7 Å². The molecule has 1 atom stereocenters. The maximum absolute atomic E-state index is 12.1. The third-order valence-electron chi connectivity index (χ3n) is 2.56. The Morgan fingerprint density at radius 3 is 3.00 bits per heavy atom. The van der Waals surface area contributed by atoms with Crippen LogP contribution in [0.4, 0.5) is 0 Å². The monoisotopic (exact) mass is 256 g/mol. The first-order valence-electron chi connectivity index (χ1n) is 5.92. The molecule has 5 heteroatoms. The molecule has 5 nitrogen and oxygen atoms in total. The lowest BCUT2D eigenvalue weighted by Crippen LogP contribution is -2.43. The lowest BCUT2D eigenvalue weighted by molar-refractivity contribution is -0.133. The first-order chi connectivity index (χ1) is 9.19. The lowest BCUT2D eigenvalue weighted by Gasteiger charge is -2.24. The van der Waals surface area contributed by atoms with E-state index in [0.717, 1.165) is 5.56 Å². The van der Waals surface area contributed by atoms with E-state index >= 15 is 0 Å². The Balaban J connectivity index is 2.75. The van der Waals surface area contributed by atoms with Crippen molar-refractivity contribution >= 4 is 5.91 Å². The van der Waals surface area contributed by atoms with Gasteiger partial charge in [0.2, 0.25) is 5.91 Å². The van der Waals surface area contributed by atoms with E-state index in [1.807, 2.05) is 12.1 Å². The molecule has 0 aliphatic heterocycles. The molecule has 0 saturated carbocycles. The molecule has 2 N–H and O–H groups in total. The van der Waals surface area contributed by atoms with Gasteiger partial charge in [-0.15, -0.1) is 12.3 Å². The number of aromatic nitrogens is 1. The summed E-state index contributed by atoms with van der Waals surface area (Å²) in [6.45, 7) is 0.717. The molecule has 1 heterocycles. The topological polar surface area (TPSA) is 83.0 Å². The smallest absolute Gasteiger partial charge is 0.240 e. The Hall–Kier alpha value is -2.37. The molecule has 0 saturated heterocycles. The van der Waals surface area contributed by atoms with Gasteiger partial charge >= 0.3 is 0 Å². The molecule has 98 valence electrons. The van der Waals surface area contributed by atoms with Crippen molar-refractivity contribution in [2.45, 2.75) is 25.4 Å². The van der Waals surface area contributed by atoms with Gasteiger partial charge in [0.1, 0.15) is 0 Å². The summed E-state index contributed by atoms with van der Waals surface area (Å²) < 4.78 is 0. The van der Waals surface area contributed by atoms with Crippen molar-refractivity contribution in [3.8, 4) is 18.4 Å². The fourth-order valence-electron chi connectivity index (χ4n) is 1.61. The minimum absolute atomic E-state index is 0.189. The Labute approximate surface area is 113 Å². The molecular weight excluding hydrogens is 240 g/mol. The van der Waals surface area contributed by atoms with Gasteiger partial charge in [-0.25, -0.2) is 0 Å². The molecule has 1 aromatic rings. The van der Waals surface area contributed by atoms with Crippen LogP contribution in [-0.2, 0) is 11.3 Å². The first-order valence-corrected chi connectivity index (χ1v) is 5.92. The van der Waals surface area contributed by atoms with Crippen LogP contribution < -0.4 is 5.73 Å². The number of nitrogens with two attached hydrogens (primary N) is 1. The Morgan fingerprint density at radius 2 is 2.42 bits per heavy atom. The normalized spacial score (nSPS) is 11.1. The largest absolute Gasteiger partial charge is 0.336 e. The summed E-state index contributed by atoms with van der Waals surface area (Å²) in [6.07, 6.45) is 8.95. The van der Waals surface area contributed by atoms with Crippen molar-refractivity contribution < 1.29 is 4.79 Å². The Morgan fingerprint density at radius 1 is 1.63 bits per heavy atom. The van der Waals surface area contributed by atoms with E-state index in [-0.39, 0.29) is 18.7 Å².